The molecule has 1 saturated carbocycles. The molecule has 0 aliphatic heterocycles. The van der Waals surface area contributed by atoms with E-state index in [4.69, 9.17) is 0 Å². The fourth-order valence-electron chi connectivity index (χ4n) is 4.08. The molecule has 1 aliphatic rings. The number of hydrogen-bond acceptors (Lipinski definition) is 5. The molecule has 7 heteroatoms. The quantitative estimate of drug-likeness (QED) is 0.578. The Kier molecular flexibility index (Phi) is 7.84. The minimum absolute atomic E-state index is 0.272. The van der Waals surface area contributed by atoms with Gasteiger partial charge in [-0.2, -0.15) is 0 Å². The normalized spacial score (nSPS) is 15.8. The maximum Gasteiger partial charge on any atom is 0.228 e. The van der Waals surface area contributed by atoms with Gasteiger partial charge in [0.2, 0.25) is 15.0 Å². The maximum atomic E-state index is 13.3. The van der Waals surface area contributed by atoms with Crippen molar-refractivity contribution in [3.63, 3.8) is 0 Å². The summed E-state index contributed by atoms with van der Waals surface area (Å²) in [6.07, 6.45) is 12.0. The van der Waals surface area contributed by atoms with Crippen LogP contribution in [0.5, 0.6) is 0 Å². The molecule has 0 amide bonds. The third kappa shape index (κ3) is 5.45. The van der Waals surface area contributed by atoms with Gasteiger partial charge in [0.05, 0.1) is 17.1 Å². The van der Waals surface area contributed by atoms with Crippen molar-refractivity contribution in [2.75, 3.05) is 6.54 Å². The van der Waals surface area contributed by atoms with Crippen LogP contribution in [0.4, 0.5) is 0 Å². The van der Waals surface area contributed by atoms with Gasteiger partial charge in [-0.1, -0.05) is 39.5 Å². The number of sulfone groups is 1. The molecule has 2 aromatic rings. The van der Waals surface area contributed by atoms with Crippen molar-refractivity contribution in [1.82, 2.24) is 19.4 Å². The van der Waals surface area contributed by atoms with Crippen molar-refractivity contribution in [2.45, 2.75) is 88.8 Å². The zero-order chi connectivity index (χ0) is 20.7. The highest BCUT2D eigenvalue weighted by Crippen LogP contribution is 2.29. The van der Waals surface area contributed by atoms with E-state index in [9.17, 15) is 8.42 Å². The fraction of sp³-hybridized carbons (Fsp3) is 0.636. The van der Waals surface area contributed by atoms with E-state index < -0.39 is 9.84 Å². The van der Waals surface area contributed by atoms with Gasteiger partial charge in [0, 0.05) is 32.0 Å². The SMILES string of the molecule is CCCCn1c(CN(CC)Cc2ccncc2)cnc1S(=O)(=O)C1CCCCC1. The molecule has 0 saturated heterocycles. The lowest BCUT2D eigenvalue weighted by atomic mass is 10.0. The van der Waals surface area contributed by atoms with Crippen LogP contribution in [-0.2, 0) is 29.5 Å². The van der Waals surface area contributed by atoms with Gasteiger partial charge in [0.25, 0.3) is 0 Å². The lowest BCUT2D eigenvalue weighted by Gasteiger charge is -2.24. The molecule has 0 unspecified atom stereocenters. The molecule has 1 aliphatic carbocycles. The molecule has 0 bridgehead atoms. The van der Waals surface area contributed by atoms with Crippen molar-refractivity contribution in [3.8, 4) is 0 Å². The van der Waals surface area contributed by atoms with Gasteiger partial charge in [0.1, 0.15) is 0 Å². The van der Waals surface area contributed by atoms with Crippen LogP contribution in [-0.4, -0.2) is 39.6 Å². The Morgan fingerprint density at radius 2 is 1.83 bits per heavy atom. The number of hydrogen-bond donors (Lipinski definition) is 0. The Morgan fingerprint density at radius 1 is 1.10 bits per heavy atom. The van der Waals surface area contributed by atoms with Crippen molar-refractivity contribution in [2.24, 2.45) is 0 Å². The number of pyridine rings is 1. The monoisotopic (exact) mass is 418 g/mol. The first-order valence-corrected chi connectivity index (χ1v) is 12.5. The molecule has 3 rings (SSSR count). The van der Waals surface area contributed by atoms with E-state index in [0.717, 1.165) is 63.7 Å². The molecule has 160 valence electrons. The van der Waals surface area contributed by atoms with E-state index in [1.807, 2.05) is 29.1 Å². The summed E-state index contributed by atoms with van der Waals surface area (Å²) in [5.41, 5.74) is 2.19. The van der Waals surface area contributed by atoms with E-state index in [1.54, 1.807) is 6.20 Å². The summed E-state index contributed by atoms with van der Waals surface area (Å²) in [5, 5.41) is 0.0128. The van der Waals surface area contributed by atoms with E-state index in [2.05, 4.69) is 28.7 Å². The summed E-state index contributed by atoms with van der Waals surface area (Å²) < 4.78 is 28.6. The zero-order valence-corrected chi connectivity index (χ0v) is 18.6. The third-order valence-electron chi connectivity index (χ3n) is 5.87. The molecule has 0 N–H and O–H groups in total. The summed E-state index contributed by atoms with van der Waals surface area (Å²) in [6.45, 7) is 7.35. The number of rotatable bonds is 10. The predicted molar refractivity (Wildman–Crippen MR) is 115 cm³/mol. The molecule has 0 atom stereocenters. The largest absolute Gasteiger partial charge is 0.318 e. The predicted octanol–water partition coefficient (Wildman–Crippen LogP) is 4.21. The molecule has 2 heterocycles. The lowest BCUT2D eigenvalue weighted by molar-refractivity contribution is 0.262. The minimum atomic E-state index is -3.38. The highest BCUT2D eigenvalue weighted by molar-refractivity contribution is 7.91. The average molecular weight is 419 g/mol. The van der Waals surface area contributed by atoms with Gasteiger partial charge in [-0.05, 0) is 43.5 Å². The summed E-state index contributed by atoms with van der Waals surface area (Å²) in [7, 11) is -3.38. The number of imidazole rings is 1. The van der Waals surface area contributed by atoms with Gasteiger partial charge < -0.3 is 4.57 Å². The van der Waals surface area contributed by atoms with Crippen LogP contribution in [0.2, 0.25) is 0 Å². The fourth-order valence-corrected chi connectivity index (χ4v) is 6.05. The molecule has 1 fully saturated rings. The standard InChI is InChI=1S/C22H34N4O2S/c1-3-5-15-26-20(18-25(4-2)17-19-11-13-23-14-12-19)16-24-22(26)29(27,28)21-9-7-6-8-10-21/h11-14,16,21H,3-10,15,17-18H2,1-2H3. The highest BCUT2D eigenvalue weighted by atomic mass is 32.2. The zero-order valence-electron chi connectivity index (χ0n) is 17.8. The highest BCUT2D eigenvalue weighted by Gasteiger charge is 2.33. The van der Waals surface area contributed by atoms with E-state index in [-0.39, 0.29) is 10.4 Å². The molecule has 0 aromatic carbocycles. The Morgan fingerprint density at radius 3 is 2.48 bits per heavy atom. The lowest BCUT2D eigenvalue weighted by Crippen LogP contribution is -2.28. The van der Waals surface area contributed by atoms with Crippen LogP contribution in [0.15, 0.2) is 35.9 Å². The maximum absolute atomic E-state index is 13.3. The van der Waals surface area contributed by atoms with Gasteiger partial charge >= 0.3 is 0 Å². The van der Waals surface area contributed by atoms with E-state index >= 15 is 0 Å². The second-order valence-corrected chi connectivity index (χ2v) is 10.1. The first-order chi connectivity index (χ1) is 14.1. The van der Waals surface area contributed by atoms with Crippen LogP contribution in [0, 0.1) is 0 Å². The van der Waals surface area contributed by atoms with Crippen molar-refractivity contribution in [3.05, 3.63) is 42.0 Å². The van der Waals surface area contributed by atoms with Crippen LogP contribution in [0.3, 0.4) is 0 Å². The number of unbranched alkanes of at least 4 members (excludes halogenated alkanes) is 1. The molecule has 2 aromatic heterocycles. The molecule has 29 heavy (non-hydrogen) atoms. The van der Waals surface area contributed by atoms with Crippen LogP contribution < -0.4 is 0 Å². The van der Waals surface area contributed by atoms with Gasteiger partial charge in [-0.3, -0.25) is 9.88 Å². The Hall–Kier alpha value is -1.73. The van der Waals surface area contributed by atoms with Gasteiger partial charge in [0.15, 0.2) is 0 Å². The summed E-state index contributed by atoms with van der Waals surface area (Å²) >= 11 is 0. The topological polar surface area (TPSA) is 68.1 Å². The summed E-state index contributed by atoms with van der Waals surface area (Å²) in [5.74, 6) is 0. The second-order valence-electron chi connectivity index (χ2n) is 8.00. The van der Waals surface area contributed by atoms with Gasteiger partial charge in [-0.25, -0.2) is 13.4 Å². The Labute approximate surface area is 175 Å². The number of nitrogens with zero attached hydrogens (tertiary/aromatic N) is 4. The van der Waals surface area contributed by atoms with Crippen molar-refractivity contribution in [1.29, 1.82) is 0 Å². The Balaban J connectivity index is 1.84. The molecule has 0 radical (unpaired) electrons. The average Bonchev–Trinajstić information content (AvgIpc) is 3.16. The van der Waals surface area contributed by atoms with Crippen LogP contribution in [0.1, 0.15) is 70.1 Å². The first-order valence-electron chi connectivity index (χ1n) is 11.0. The van der Waals surface area contributed by atoms with Crippen molar-refractivity contribution >= 4 is 9.84 Å². The minimum Gasteiger partial charge on any atom is -0.318 e. The van der Waals surface area contributed by atoms with Gasteiger partial charge in [-0.15, -0.1) is 0 Å². The second kappa shape index (κ2) is 10.3. The Bertz CT molecular complexity index is 858. The summed E-state index contributed by atoms with van der Waals surface area (Å²) in [6, 6.07) is 4.05. The van der Waals surface area contributed by atoms with Crippen LogP contribution in [0.25, 0.3) is 0 Å². The molecular weight excluding hydrogens is 384 g/mol. The molecular formula is C22H34N4O2S. The molecule has 6 nitrogen and oxygen atoms in total. The van der Waals surface area contributed by atoms with Crippen molar-refractivity contribution < 1.29 is 8.42 Å². The number of aromatic nitrogens is 3. The smallest absolute Gasteiger partial charge is 0.228 e. The first kappa shape index (κ1) is 22.0. The summed E-state index contributed by atoms with van der Waals surface area (Å²) in [4.78, 5) is 10.8. The molecule has 0 spiro atoms. The van der Waals surface area contributed by atoms with E-state index in [0.29, 0.717) is 13.1 Å². The van der Waals surface area contributed by atoms with E-state index in [1.165, 1.54) is 5.56 Å². The third-order valence-corrected chi connectivity index (χ3v) is 8.05. The van der Waals surface area contributed by atoms with Crippen LogP contribution >= 0.6 is 0 Å².